The van der Waals surface area contributed by atoms with Crippen molar-refractivity contribution in [2.24, 2.45) is 0 Å². The van der Waals surface area contributed by atoms with Crippen molar-refractivity contribution in [2.45, 2.75) is 45.4 Å². The molecular weight excluding hydrogens is 380 g/mol. The minimum Gasteiger partial charge on any atom is -0.496 e. The number of fused-ring (bicyclic) bond motifs is 1. The third-order valence-electron chi connectivity index (χ3n) is 5.97. The molecule has 1 saturated heterocycles. The molecule has 0 spiro atoms. The fourth-order valence-electron chi connectivity index (χ4n) is 4.44. The number of hydrogen-bond acceptors (Lipinski definition) is 6. The Morgan fingerprint density at radius 2 is 2.10 bits per heavy atom. The monoisotopic (exact) mass is 408 g/mol. The number of piperidine rings is 1. The van der Waals surface area contributed by atoms with Gasteiger partial charge in [-0.1, -0.05) is 24.3 Å². The molecule has 0 saturated carbocycles. The van der Waals surface area contributed by atoms with E-state index in [1.807, 2.05) is 44.2 Å². The van der Waals surface area contributed by atoms with Gasteiger partial charge in [0.2, 0.25) is 0 Å². The zero-order valence-electron chi connectivity index (χ0n) is 17.8. The van der Waals surface area contributed by atoms with Crippen molar-refractivity contribution in [2.75, 3.05) is 20.3 Å². The zero-order chi connectivity index (χ0) is 21.1. The summed E-state index contributed by atoms with van der Waals surface area (Å²) < 4.78 is 17.4. The lowest BCUT2D eigenvalue weighted by Gasteiger charge is -2.40. The molecule has 0 unspecified atom stereocenters. The third-order valence-corrected chi connectivity index (χ3v) is 5.97. The van der Waals surface area contributed by atoms with E-state index in [0.717, 1.165) is 53.6 Å². The van der Waals surface area contributed by atoms with Crippen molar-refractivity contribution < 1.29 is 18.7 Å². The highest BCUT2D eigenvalue weighted by atomic mass is 16.5. The van der Waals surface area contributed by atoms with Gasteiger partial charge in [0.15, 0.2) is 12.0 Å². The van der Waals surface area contributed by atoms with Crippen LogP contribution in [0.4, 0.5) is 0 Å². The largest absolute Gasteiger partial charge is 0.496 e. The molecule has 0 bridgehead atoms. The molecule has 2 heterocycles. The lowest BCUT2D eigenvalue weighted by molar-refractivity contribution is -0.0138. The summed E-state index contributed by atoms with van der Waals surface area (Å²) in [4.78, 5) is 17.9. The average Bonchev–Trinajstić information content (AvgIpc) is 3.27. The molecule has 6 nitrogen and oxygen atoms in total. The SMILES string of the molecule is CCO[C@H]1CCN(Cc2c(OC)cc(C)c3ncoc23)[C@H](c2ccc(C=O)cc2)C1. The summed E-state index contributed by atoms with van der Waals surface area (Å²) in [7, 11) is 1.69. The molecule has 0 radical (unpaired) electrons. The molecule has 158 valence electrons. The maximum atomic E-state index is 11.1. The Morgan fingerprint density at radius 1 is 1.30 bits per heavy atom. The maximum absolute atomic E-state index is 11.1. The van der Waals surface area contributed by atoms with Crippen LogP contribution in [0.1, 0.15) is 52.9 Å². The Bertz CT molecular complexity index is 1010. The smallest absolute Gasteiger partial charge is 0.182 e. The van der Waals surface area contributed by atoms with Gasteiger partial charge in [-0.2, -0.15) is 0 Å². The number of hydrogen-bond donors (Lipinski definition) is 0. The van der Waals surface area contributed by atoms with Gasteiger partial charge in [0, 0.05) is 31.3 Å². The van der Waals surface area contributed by atoms with Gasteiger partial charge in [-0.3, -0.25) is 9.69 Å². The summed E-state index contributed by atoms with van der Waals surface area (Å²) in [6, 6.07) is 10.1. The molecule has 1 aliphatic heterocycles. The van der Waals surface area contributed by atoms with Crippen LogP contribution in [-0.4, -0.2) is 42.5 Å². The van der Waals surface area contributed by atoms with Crippen LogP contribution < -0.4 is 4.74 Å². The molecular formula is C24H28N2O4. The molecule has 30 heavy (non-hydrogen) atoms. The molecule has 2 atom stereocenters. The predicted octanol–water partition coefficient (Wildman–Crippen LogP) is 4.70. The number of ether oxygens (including phenoxy) is 2. The van der Waals surface area contributed by atoms with Crippen molar-refractivity contribution in [1.82, 2.24) is 9.88 Å². The first-order chi connectivity index (χ1) is 14.6. The second kappa shape index (κ2) is 8.98. The van der Waals surface area contributed by atoms with E-state index in [2.05, 4.69) is 9.88 Å². The van der Waals surface area contributed by atoms with Crippen LogP contribution in [-0.2, 0) is 11.3 Å². The van der Waals surface area contributed by atoms with E-state index < -0.39 is 0 Å². The normalized spacial score (nSPS) is 19.8. The highest BCUT2D eigenvalue weighted by Gasteiger charge is 2.31. The standard InChI is InChI=1S/C24H28N2O4/c1-4-29-19-9-10-26(21(12-19)18-7-5-17(14-27)6-8-18)13-20-22(28-3)11-16(2)23-24(20)30-15-25-23/h5-8,11,14-15,19,21H,4,9-10,12-13H2,1-3H3/t19-,21-/m0/s1. The summed E-state index contributed by atoms with van der Waals surface area (Å²) in [5, 5.41) is 0. The molecule has 0 aliphatic carbocycles. The number of aldehydes is 1. The van der Waals surface area contributed by atoms with Crippen LogP contribution in [0.5, 0.6) is 5.75 Å². The first kappa shape index (κ1) is 20.6. The number of methoxy groups -OCH3 is 1. The van der Waals surface area contributed by atoms with Crippen molar-refractivity contribution in [1.29, 1.82) is 0 Å². The second-order valence-electron chi connectivity index (χ2n) is 7.78. The molecule has 2 aromatic carbocycles. The topological polar surface area (TPSA) is 64.8 Å². The molecule has 6 heteroatoms. The number of aromatic nitrogens is 1. The van der Waals surface area contributed by atoms with Crippen molar-refractivity contribution in [3.05, 3.63) is 59.0 Å². The van der Waals surface area contributed by atoms with Crippen LogP contribution in [0.2, 0.25) is 0 Å². The maximum Gasteiger partial charge on any atom is 0.182 e. The summed E-state index contributed by atoms with van der Waals surface area (Å²) in [6.45, 7) is 6.36. The van der Waals surface area contributed by atoms with Gasteiger partial charge in [-0.25, -0.2) is 4.98 Å². The van der Waals surface area contributed by atoms with Gasteiger partial charge in [-0.15, -0.1) is 0 Å². The molecule has 0 N–H and O–H groups in total. The molecule has 1 aromatic heterocycles. The lowest BCUT2D eigenvalue weighted by atomic mass is 9.92. The number of carbonyl (C=O) groups is 1. The lowest BCUT2D eigenvalue weighted by Crippen LogP contribution is -2.39. The summed E-state index contributed by atoms with van der Waals surface area (Å²) in [5.74, 6) is 0.818. The highest BCUT2D eigenvalue weighted by Crippen LogP contribution is 2.37. The molecule has 0 amide bonds. The number of likely N-dealkylation sites (tertiary alicyclic amines) is 1. The van der Waals surface area contributed by atoms with E-state index in [-0.39, 0.29) is 12.1 Å². The highest BCUT2D eigenvalue weighted by molar-refractivity contribution is 5.82. The van der Waals surface area contributed by atoms with Gasteiger partial charge < -0.3 is 13.9 Å². The van der Waals surface area contributed by atoms with Gasteiger partial charge in [0.05, 0.1) is 18.8 Å². The predicted molar refractivity (Wildman–Crippen MR) is 115 cm³/mol. The first-order valence-corrected chi connectivity index (χ1v) is 10.4. The summed E-state index contributed by atoms with van der Waals surface area (Å²) in [5.41, 5.74) is 5.59. The fourth-order valence-corrected chi connectivity index (χ4v) is 4.44. The average molecular weight is 408 g/mol. The summed E-state index contributed by atoms with van der Waals surface area (Å²) in [6.07, 6.45) is 4.49. The van der Waals surface area contributed by atoms with E-state index in [1.54, 1.807) is 7.11 Å². The van der Waals surface area contributed by atoms with Gasteiger partial charge in [0.1, 0.15) is 17.6 Å². The van der Waals surface area contributed by atoms with Crippen LogP contribution in [0.25, 0.3) is 11.1 Å². The van der Waals surface area contributed by atoms with Crippen LogP contribution >= 0.6 is 0 Å². The molecule has 1 fully saturated rings. The van der Waals surface area contributed by atoms with Gasteiger partial charge >= 0.3 is 0 Å². The fraction of sp³-hybridized carbons (Fsp3) is 0.417. The number of rotatable bonds is 7. The second-order valence-corrected chi connectivity index (χ2v) is 7.78. The van der Waals surface area contributed by atoms with Gasteiger partial charge in [-0.05, 0) is 43.9 Å². The first-order valence-electron chi connectivity index (χ1n) is 10.4. The molecule has 3 aromatic rings. The zero-order valence-corrected chi connectivity index (χ0v) is 17.8. The Morgan fingerprint density at radius 3 is 2.80 bits per heavy atom. The third kappa shape index (κ3) is 3.98. The van der Waals surface area contributed by atoms with E-state index in [1.165, 1.54) is 12.0 Å². The number of aryl methyl sites for hydroxylation is 1. The molecule has 1 aliphatic rings. The van der Waals surface area contributed by atoms with Crippen molar-refractivity contribution in [3.8, 4) is 5.75 Å². The quantitative estimate of drug-likeness (QED) is 0.528. The molecule has 4 rings (SSSR count). The van der Waals surface area contributed by atoms with Gasteiger partial charge in [0.25, 0.3) is 0 Å². The number of nitrogens with zero attached hydrogens (tertiary/aromatic N) is 2. The summed E-state index contributed by atoms with van der Waals surface area (Å²) >= 11 is 0. The number of carbonyl (C=O) groups excluding carboxylic acids is 1. The Labute approximate surface area is 176 Å². The van der Waals surface area contributed by atoms with E-state index >= 15 is 0 Å². The van der Waals surface area contributed by atoms with E-state index in [9.17, 15) is 4.79 Å². The van der Waals surface area contributed by atoms with Crippen LogP contribution in [0.3, 0.4) is 0 Å². The van der Waals surface area contributed by atoms with Crippen molar-refractivity contribution in [3.63, 3.8) is 0 Å². The minimum absolute atomic E-state index is 0.181. The van der Waals surface area contributed by atoms with E-state index in [4.69, 9.17) is 13.9 Å². The Kier molecular flexibility index (Phi) is 6.16. The Balaban J connectivity index is 1.69. The van der Waals surface area contributed by atoms with Crippen molar-refractivity contribution >= 4 is 17.4 Å². The number of benzene rings is 2. The minimum atomic E-state index is 0.181. The number of oxazole rings is 1. The Hall–Kier alpha value is -2.70. The van der Waals surface area contributed by atoms with E-state index in [0.29, 0.717) is 18.7 Å². The van der Waals surface area contributed by atoms with Crippen LogP contribution in [0, 0.1) is 6.92 Å². The van der Waals surface area contributed by atoms with Crippen LogP contribution in [0.15, 0.2) is 41.1 Å².